The quantitative estimate of drug-likeness (QED) is 0.619. The van der Waals surface area contributed by atoms with Gasteiger partial charge in [-0.1, -0.05) is 18.2 Å². The molecule has 3 rings (SSSR count). The Morgan fingerprint density at radius 2 is 1.89 bits per heavy atom. The number of nitrogens with one attached hydrogen (secondary N) is 1. The van der Waals surface area contributed by atoms with E-state index in [1.807, 2.05) is 30.3 Å². The molecule has 92 valence electrons. The fraction of sp³-hybridized carbons (Fsp3) is 0. The third-order valence-electron chi connectivity index (χ3n) is 2.67. The number of aromatic nitrogens is 1. The van der Waals surface area contributed by atoms with Gasteiger partial charge in [0.2, 0.25) is 5.50 Å². The molecule has 18 heavy (non-hydrogen) atoms. The average molecular weight is 263 g/mol. The standard InChI is InChI=1S/C12H10NO4P/c14-18(15,16)12-6-5-11(17-12)10-7-8-3-1-2-4-9(8)13-10/h1-7,13H,(H2,14,15,16). The van der Waals surface area contributed by atoms with Crippen molar-refractivity contribution < 1.29 is 18.8 Å². The third-order valence-corrected chi connectivity index (χ3v) is 3.49. The van der Waals surface area contributed by atoms with Gasteiger partial charge in [0.05, 0.1) is 5.69 Å². The van der Waals surface area contributed by atoms with E-state index in [1.165, 1.54) is 6.07 Å². The fourth-order valence-electron chi connectivity index (χ4n) is 1.84. The van der Waals surface area contributed by atoms with Gasteiger partial charge < -0.3 is 19.2 Å². The van der Waals surface area contributed by atoms with Crippen molar-refractivity contribution in [2.24, 2.45) is 0 Å². The summed E-state index contributed by atoms with van der Waals surface area (Å²) >= 11 is 0. The van der Waals surface area contributed by atoms with E-state index in [1.54, 1.807) is 6.07 Å². The van der Waals surface area contributed by atoms with E-state index >= 15 is 0 Å². The molecule has 3 N–H and O–H groups in total. The van der Waals surface area contributed by atoms with Gasteiger partial charge >= 0.3 is 7.60 Å². The maximum atomic E-state index is 11.0. The minimum atomic E-state index is -4.33. The first-order valence-electron chi connectivity index (χ1n) is 5.28. The van der Waals surface area contributed by atoms with Crippen LogP contribution in [-0.4, -0.2) is 14.8 Å². The summed E-state index contributed by atoms with van der Waals surface area (Å²) in [6.45, 7) is 0. The van der Waals surface area contributed by atoms with Crippen molar-refractivity contribution in [3.8, 4) is 11.5 Å². The smallest absolute Gasteiger partial charge is 0.391 e. The largest absolute Gasteiger partial charge is 0.447 e. The number of hydrogen-bond donors (Lipinski definition) is 3. The van der Waals surface area contributed by atoms with Crippen molar-refractivity contribution in [3.05, 3.63) is 42.5 Å². The number of furan rings is 1. The maximum absolute atomic E-state index is 11.0. The molecule has 0 fully saturated rings. The summed E-state index contributed by atoms with van der Waals surface area (Å²) in [6, 6.07) is 12.4. The predicted molar refractivity (Wildman–Crippen MR) is 67.7 cm³/mol. The van der Waals surface area contributed by atoms with Crippen LogP contribution in [0.3, 0.4) is 0 Å². The molecule has 0 saturated carbocycles. The summed E-state index contributed by atoms with van der Waals surface area (Å²) in [7, 11) is -4.33. The molecule has 6 heteroatoms. The molecule has 0 aliphatic carbocycles. The van der Waals surface area contributed by atoms with Crippen LogP contribution in [0.5, 0.6) is 0 Å². The number of benzene rings is 1. The van der Waals surface area contributed by atoms with Gasteiger partial charge in [-0.05, 0) is 24.3 Å². The topological polar surface area (TPSA) is 86.5 Å². The molecule has 0 spiro atoms. The molecule has 2 heterocycles. The molecule has 0 bridgehead atoms. The number of aromatic amines is 1. The van der Waals surface area contributed by atoms with Gasteiger partial charge in [-0.2, -0.15) is 0 Å². The van der Waals surface area contributed by atoms with Gasteiger partial charge in [0.1, 0.15) is 0 Å². The monoisotopic (exact) mass is 263 g/mol. The van der Waals surface area contributed by atoms with Crippen molar-refractivity contribution >= 4 is 24.0 Å². The molecule has 5 nitrogen and oxygen atoms in total. The molecule has 2 aromatic heterocycles. The molecule has 0 radical (unpaired) electrons. The van der Waals surface area contributed by atoms with E-state index in [4.69, 9.17) is 14.2 Å². The highest BCUT2D eigenvalue weighted by Gasteiger charge is 2.22. The number of rotatable bonds is 2. The average Bonchev–Trinajstić information content (AvgIpc) is 2.94. The van der Waals surface area contributed by atoms with Crippen molar-refractivity contribution in [2.75, 3.05) is 0 Å². The van der Waals surface area contributed by atoms with Gasteiger partial charge in [0.25, 0.3) is 0 Å². The Morgan fingerprint density at radius 1 is 1.11 bits per heavy atom. The van der Waals surface area contributed by atoms with Crippen molar-refractivity contribution in [2.45, 2.75) is 0 Å². The number of fused-ring (bicyclic) bond motifs is 1. The highest BCUT2D eigenvalue weighted by atomic mass is 31.2. The summed E-state index contributed by atoms with van der Waals surface area (Å²) in [4.78, 5) is 21.1. The van der Waals surface area contributed by atoms with Gasteiger partial charge in [-0.3, -0.25) is 4.57 Å². The summed E-state index contributed by atoms with van der Waals surface area (Å²) in [5, 5.41) is 1.02. The summed E-state index contributed by atoms with van der Waals surface area (Å²) in [5.74, 6) is 0.407. The number of hydrogen-bond acceptors (Lipinski definition) is 2. The fourth-order valence-corrected chi connectivity index (χ4v) is 2.32. The first kappa shape index (κ1) is 11.3. The number of para-hydroxylation sites is 1. The molecular weight excluding hydrogens is 253 g/mol. The molecule has 0 unspecified atom stereocenters. The molecule has 0 aliphatic heterocycles. The Kier molecular flexibility index (Phi) is 2.41. The molecule has 0 aliphatic rings. The van der Waals surface area contributed by atoms with Crippen LogP contribution >= 0.6 is 7.60 Å². The molecule has 3 aromatic rings. The summed E-state index contributed by atoms with van der Waals surface area (Å²) < 4.78 is 16.2. The summed E-state index contributed by atoms with van der Waals surface area (Å²) in [5.41, 5.74) is 1.31. The third kappa shape index (κ3) is 1.88. The molecule has 0 saturated heterocycles. The lowest BCUT2D eigenvalue weighted by Gasteiger charge is -1.97. The number of H-pyrrole nitrogens is 1. The normalized spacial score (nSPS) is 12.1. The zero-order valence-electron chi connectivity index (χ0n) is 9.20. The molecular formula is C12H10NO4P. The SMILES string of the molecule is O=P(O)(O)c1ccc(-c2cc3ccccc3[nH]2)o1. The van der Waals surface area contributed by atoms with E-state index < -0.39 is 7.60 Å². The minimum Gasteiger partial charge on any atom is -0.447 e. The second-order valence-electron chi connectivity index (χ2n) is 3.95. The van der Waals surface area contributed by atoms with Crippen LogP contribution in [0.25, 0.3) is 22.4 Å². The van der Waals surface area contributed by atoms with Gasteiger partial charge in [-0.25, -0.2) is 0 Å². The Bertz CT molecular complexity index is 719. The van der Waals surface area contributed by atoms with Crippen LogP contribution in [0, 0.1) is 0 Å². The zero-order valence-corrected chi connectivity index (χ0v) is 10.1. The van der Waals surface area contributed by atoms with Crippen LogP contribution in [0.1, 0.15) is 0 Å². The maximum Gasteiger partial charge on any atom is 0.391 e. The highest BCUT2D eigenvalue weighted by molar-refractivity contribution is 7.59. The van der Waals surface area contributed by atoms with E-state index in [2.05, 4.69) is 4.98 Å². The first-order valence-corrected chi connectivity index (χ1v) is 6.89. The van der Waals surface area contributed by atoms with Crippen LogP contribution < -0.4 is 5.50 Å². The van der Waals surface area contributed by atoms with Crippen LogP contribution in [0.4, 0.5) is 0 Å². The lowest BCUT2D eigenvalue weighted by molar-refractivity contribution is 0.377. The van der Waals surface area contributed by atoms with E-state index in [0.29, 0.717) is 11.5 Å². The molecule has 0 atom stereocenters. The van der Waals surface area contributed by atoms with Crippen molar-refractivity contribution in [3.63, 3.8) is 0 Å². The Balaban J connectivity index is 2.09. The van der Waals surface area contributed by atoms with Gasteiger partial charge in [0, 0.05) is 10.9 Å². The highest BCUT2D eigenvalue weighted by Crippen LogP contribution is 2.35. The minimum absolute atomic E-state index is 0.323. The molecule has 0 amide bonds. The lowest BCUT2D eigenvalue weighted by atomic mass is 10.2. The van der Waals surface area contributed by atoms with E-state index in [-0.39, 0.29) is 5.50 Å². The Labute approximate surface area is 102 Å². The van der Waals surface area contributed by atoms with Crippen LogP contribution in [-0.2, 0) is 4.57 Å². The van der Waals surface area contributed by atoms with Crippen molar-refractivity contribution in [1.29, 1.82) is 0 Å². The van der Waals surface area contributed by atoms with Gasteiger partial charge in [-0.15, -0.1) is 0 Å². The Hall–Kier alpha value is -1.81. The van der Waals surface area contributed by atoms with Gasteiger partial charge in [0.15, 0.2) is 5.76 Å². The second-order valence-corrected chi connectivity index (χ2v) is 5.48. The van der Waals surface area contributed by atoms with Crippen LogP contribution in [0.2, 0.25) is 0 Å². The lowest BCUT2D eigenvalue weighted by Crippen LogP contribution is -1.98. The zero-order chi connectivity index (χ0) is 12.8. The Morgan fingerprint density at radius 3 is 2.56 bits per heavy atom. The van der Waals surface area contributed by atoms with E-state index in [0.717, 1.165) is 10.9 Å². The molecule has 1 aromatic carbocycles. The van der Waals surface area contributed by atoms with E-state index in [9.17, 15) is 4.57 Å². The second kappa shape index (κ2) is 3.85. The van der Waals surface area contributed by atoms with Crippen LogP contribution in [0.15, 0.2) is 46.9 Å². The first-order chi connectivity index (χ1) is 8.54. The predicted octanol–water partition coefficient (Wildman–Crippen LogP) is 2.23. The van der Waals surface area contributed by atoms with Crippen molar-refractivity contribution in [1.82, 2.24) is 4.98 Å². The summed E-state index contributed by atoms with van der Waals surface area (Å²) in [6.07, 6.45) is 0.